The molecule has 0 radical (unpaired) electrons. The van der Waals surface area contributed by atoms with Crippen molar-refractivity contribution in [2.45, 2.75) is 24.6 Å². The number of hydrogen-bond acceptors (Lipinski definition) is 4. The highest BCUT2D eigenvalue weighted by Gasteiger charge is 2.41. The van der Waals surface area contributed by atoms with Gasteiger partial charge in [-0.15, -0.1) is 0 Å². The van der Waals surface area contributed by atoms with E-state index in [1.54, 1.807) is 13.2 Å². The summed E-state index contributed by atoms with van der Waals surface area (Å²) in [7, 11) is 1.61. The molecule has 43 heavy (non-hydrogen) atoms. The third-order valence-electron chi connectivity index (χ3n) is 8.73. The molecule has 5 aromatic carbocycles. The number of hydrogen-bond donors (Lipinski definition) is 0. The first kappa shape index (κ1) is 25.8. The first-order valence-electron chi connectivity index (χ1n) is 14.1. The number of fused-ring (bicyclic) bond motifs is 9. The zero-order valence-electron chi connectivity index (χ0n) is 23.1. The second kappa shape index (κ2) is 9.30. The number of ether oxygens (including phenoxy) is 4. The molecule has 0 N–H and O–H groups in total. The van der Waals surface area contributed by atoms with Crippen molar-refractivity contribution in [2.24, 2.45) is 0 Å². The minimum Gasteiger partial charge on any atom is -0.497 e. The topological polar surface area (TPSA) is 36.9 Å². The van der Waals surface area contributed by atoms with E-state index in [-0.39, 0.29) is 6.79 Å². The minimum atomic E-state index is -4.48. The number of methoxy groups -OCH3 is 1. The molecule has 0 spiro atoms. The second-order valence-corrected chi connectivity index (χ2v) is 11.0. The quantitative estimate of drug-likeness (QED) is 0.215. The van der Waals surface area contributed by atoms with Crippen LogP contribution in [0.1, 0.15) is 33.4 Å². The van der Waals surface area contributed by atoms with Crippen LogP contribution in [-0.4, -0.2) is 13.9 Å². The van der Waals surface area contributed by atoms with Crippen LogP contribution >= 0.6 is 0 Å². The van der Waals surface area contributed by atoms with Gasteiger partial charge in [-0.1, -0.05) is 54.6 Å². The van der Waals surface area contributed by atoms with Crippen LogP contribution < -0.4 is 18.9 Å². The Morgan fingerprint density at radius 1 is 0.791 bits per heavy atom. The summed E-state index contributed by atoms with van der Waals surface area (Å²) >= 11 is 0. The third-order valence-corrected chi connectivity index (χ3v) is 8.73. The number of alkyl halides is 3. The van der Waals surface area contributed by atoms with Crippen molar-refractivity contribution in [3.05, 3.63) is 124 Å². The maximum Gasteiger partial charge on any atom is 0.416 e. The van der Waals surface area contributed by atoms with E-state index in [2.05, 4.69) is 12.1 Å². The number of benzene rings is 5. The van der Waals surface area contributed by atoms with E-state index in [9.17, 15) is 13.2 Å². The summed E-state index contributed by atoms with van der Waals surface area (Å²) in [6.07, 6.45) is 1.10. The molecule has 0 aromatic heterocycles. The molecule has 0 amide bonds. The second-order valence-electron chi connectivity index (χ2n) is 11.0. The molecule has 2 aliphatic heterocycles. The predicted octanol–water partition coefficient (Wildman–Crippen LogP) is 8.71. The average Bonchev–Trinajstić information content (AvgIpc) is 3.52. The highest BCUT2D eigenvalue weighted by molar-refractivity contribution is 6.06. The average molecular weight is 579 g/mol. The van der Waals surface area contributed by atoms with Gasteiger partial charge in [0, 0.05) is 22.1 Å². The van der Waals surface area contributed by atoms with Crippen LogP contribution in [0.5, 0.6) is 23.0 Å². The van der Waals surface area contributed by atoms with E-state index >= 15 is 0 Å². The lowest BCUT2D eigenvalue weighted by Gasteiger charge is -2.38. The van der Waals surface area contributed by atoms with Crippen LogP contribution in [0.4, 0.5) is 13.2 Å². The van der Waals surface area contributed by atoms with Crippen molar-refractivity contribution in [1.29, 1.82) is 0 Å². The lowest BCUT2D eigenvalue weighted by Crippen LogP contribution is -2.34. The summed E-state index contributed by atoms with van der Waals surface area (Å²) in [4.78, 5) is 0. The van der Waals surface area contributed by atoms with Gasteiger partial charge in [-0.05, 0) is 83.0 Å². The van der Waals surface area contributed by atoms with Gasteiger partial charge in [0.1, 0.15) is 11.5 Å². The molecule has 2 heterocycles. The normalized spacial score (nSPS) is 18.0. The largest absolute Gasteiger partial charge is 0.497 e. The van der Waals surface area contributed by atoms with E-state index in [0.29, 0.717) is 40.2 Å². The molecule has 0 bridgehead atoms. The smallest absolute Gasteiger partial charge is 0.416 e. The van der Waals surface area contributed by atoms with Crippen LogP contribution in [0, 0.1) is 0 Å². The molecule has 5 aromatic rings. The van der Waals surface area contributed by atoms with E-state index in [1.165, 1.54) is 6.07 Å². The maximum atomic E-state index is 14.0. The van der Waals surface area contributed by atoms with Crippen molar-refractivity contribution in [2.75, 3.05) is 13.9 Å². The summed E-state index contributed by atoms with van der Waals surface area (Å²) in [5, 5.41) is 1.15. The Labute approximate surface area is 245 Å². The maximum absolute atomic E-state index is 14.0. The summed E-state index contributed by atoms with van der Waals surface area (Å²) in [5.41, 5.74) is 4.66. The van der Waals surface area contributed by atoms with E-state index in [1.807, 2.05) is 66.7 Å². The molecule has 1 aliphatic carbocycles. The Morgan fingerprint density at radius 2 is 1.58 bits per heavy atom. The molecular formula is C36H25F3O4. The molecule has 3 aliphatic rings. The van der Waals surface area contributed by atoms with Crippen LogP contribution in [-0.2, 0) is 24.6 Å². The lowest BCUT2D eigenvalue weighted by molar-refractivity contribution is -0.137. The fourth-order valence-electron chi connectivity index (χ4n) is 6.64. The summed E-state index contributed by atoms with van der Waals surface area (Å²) in [5.74, 6) is 2.50. The molecule has 0 fully saturated rings. The molecule has 214 valence electrons. The predicted molar refractivity (Wildman–Crippen MR) is 158 cm³/mol. The summed E-state index contributed by atoms with van der Waals surface area (Å²) in [6.45, 7) is 0.133. The number of rotatable bonds is 3. The van der Waals surface area contributed by atoms with Crippen molar-refractivity contribution < 1.29 is 32.1 Å². The Balaban J connectivity index is 1.41. The first-order valence-corrected chi connectivity index (χ1v) is 14.1. The molecule has 1 atom stereocenters. The van der Waals surface area contributed by atoms with Gasteiger partial charge in [-0.25, -0.2) is 0 Å². The van der Waals surface area contributed by atoms with Crippen molar-refractivity contribution in [1.82, 2.24) is 0 Å². The highest BCUT2D eigenvalue weighted by atomic mass is 19.4. The van der Waals surface area contributed by atoms with Crippen LogP contribution in [0.25, 0.3) is 28.0 Å². The van der Waals surface area contributed by atoms with Crippen molar-refractivity contribution in [3.63, 3.8) is 0 Å². The molecular weight excluding hydrogens is 553 g/mol. The molecule has 7 heteroatoms. The van der Waals surface area contributed by atoms with Gasteiger partial charge in [0.05, 0.1) is 12.7 Å². The summed E-state index contributed by atoms with van der Waals surface area (Å²) in [6, 6.07) is 25.2. The van der Waals surface area contributed by atoms with Gasteiger partial charge >= 0.3 is 6.18 Å². The lowest BCUT2D eigenvalue weighted by atomic mass is 9.77. The number of aryl methyl sites for hydroxylation is 1. The number of halogens is 3. The molecule has 4 nitrogen and oxygen atoms in total. The zero-order valence-corrected chi connectivity index (χ0v) is 23.1. The Bertz CT molecular complexity index is 1960. The van der Waals surface area contributed by atoms with E-state index in [4.69, 9.17) is 18.9 Å². The van der Waals surface area contributed by atoms with Crippen LogP contribution in [0.2, 0.25) is 0 Å². The van der Waals surface area contributed by atoms with Gasteiger partial charge < -0.3 is 18.9 Å². The fourth-order valence-corrected chi connectivity index (χ4v) is 6.64. The Kier molecular flexibility index (Phi) is 5.57. The first-order chi connectivity index (χ1) is 20.9. The zero-order chi connectivity index (χ0) is 29.3. The Hall–Kier alpha value is -4.91. The summed E-state index contributed by atoms with van der Waals surface area (Å²) < 4.78 is 65.9. The fraction of sp³-hybridized carbons (Fsp3) is 0.167. The van der Waals surface area contributed by atoms with Gasteiger partial charge in [0.25, 0.3) is 0 Å². The van der Waals surface area contributed by atoms with Crippen LogP contribution in [0.15, 0.2) is 91.0 Å². The third kappa shape index (κ3) is 3.91. The van der Waals surface area contributed by atoms with Gasteiger partial charge in [0.15, 0.2) is 17.1 Å². The Morgan fingerprint density at radius 3 is 2.40 bits per heavy atom. The minimum absolute atomic E-state index is 0.133. The monoisotopic (exact) mass is 578 g/mol. The van der Waals surface area contributed by atoms with E-state index in [0.717, 1.165) is 51.4 Å². The van der Waals surface area contributed by atoms with Gasteiger partial charge in [0.2, 0.25) is 6.79 Å². The SMILES string of the molecule is COc1ccc(C2(c3ccc4c(c3)OCO4)C=Cc3c4c(c5cc(C(F)(F)F)ccc5c3O2)-c2ccccc2CC4)cc1. The molecule has 8 rings (SSSR count). The van der Waals surface area contributed by atoms with Gasteiger partial charge in [-0.3, -0.25) is 0 Å². The van der Waals surface area contributed by atoms with Crippen LogP contribution in [0.3, 0.4) is 0 Å². The van der Waals surface area contributed by atoms with E-state index < -0.39 is 17.3 Å². The molecule has 1 unspecified atom stereocenters. The van der Waals surface area contributed by atoms with Gasteiger partial charge in [-0.2, -0.15) is 13.2 Å². The molecule has 0 saturated heterocycles. The standard InChI is InChI=1S/C36H25F3O4/c1-40-25-11-7-22(8-12-25)35(23-10-15-31-32(19-23)42-20-41-31)17-16-29-27-13-6-21-4-2-3-5-26(21)33(27)30-18-24(36(37,38)39)9-14-28(30)34(29)43-35/h2-5,7-12,14-19H,6,13,20H2,1H3. The van der Waals surface area contributed by atoms with Crippen molar-refractivity contribution in [3.8, 4) is 34.1 Å². The highest BCUT2D eigenvalue weighted by Crippen LogP contribution is 2.52. The van der Waals surface area contributed by atoms with Crippen molar-refractivity contribution >= 4 is 16.8 Å². The molecule has 0 saturated carbocycles.